The molecule has 1 aliphatic heterocycles. The molecule has 0 aliphatic carbocycles. The zero-order chi connectivity index (χ0) is 11.1. The second-order valence-electron chi connectivity index (χ2n) is 4.10. The highest BCUT2D eigenvalue weighted by molar-refractivity contribution is 5.76. The van der Waals surface area contributed by atoms with E-state index in [0.29, 0.717) is 19.5 Å². The van der Waals surface area contributed by atoms with Crippen LogP contribution in [-0.4, -0.2) is 48.2 Å². The number of nitrogens with one attached hydrogen (secondary N) is 1. The lowest BCUT2D eigenvalue weighted by Crippen LogP contribution is -2.33. The van der Waals surface area contributed by atoms with Crippen LogP contribution in [0.15, 0.2) is 0 Å². The van der Waals surface area contributed by atoms with E-state index in [1.807, 2.05) is 11.8 Å². The average Bonchev–Trinajstić information content (AvgIpc) is 2.77. The molecule has 1 heterocycles. The number of aliphatic hydroxyl groups excluding tert-OH is 1. The van der Waals surface area contributed by atoms with Crippen LogP contribution in [0.4, 0.5) is 0 Å². The molecule has 0 aromatic heterocycles. The molecule has 88 valence electrons. The van der Waals surface area contributed by atoms with Gasteiger partial charge >= 0.3 is 0 Å². The molecular weight excluding hydrogens is 192 g/mol. The summed E-state index contributed by atoms with van der Waals surface area (Å²) in [6.07, 6.45) is 3.32. The Morgan fingerprint density at radius 2 is 2.13 bits per heavy atom. The van der Waals surface area contributed by atoms with Crippen LogP contribution >= 0.6 is 0 Å². The van der Waals surface area contributed by atoms with Gasteiger partial charge in [-0.2, -0.15) is 0 Å². The van der Waals surface area contributed by atoms with Crippen LogP contribution in [0.2, 0.25) is 0 Å². The molecule has 0 aromatic rings. The monoisotopic (exact) mass is 214 g/mol. The summed E-state index contributed by atoms with van der Waals surface area (Å²) in [5.74, 6) is 0.242. The first-order chi connectivity index (χ1) is 7.24. The molecule has 1 atom stereocenters. The molecule has 2 N–H and O–H groups in total. The molecule has 1 aliphatic rings. The second kappa shape index (κ2) is 6.80. The van der Waals surface area contributed by atoms with E-state index in [9.17, 15) is 9.90 Å². The number of rotatable bonds is 6. The molecule has 15 heavy (non-hydrogen) atoms. The number of hydrogen-bond acceptors (Lipinski definition) is 3. The van der Waals surface area contributed by atoms with Crippen LogP contribution in [0.25, 0.3) is 0 Å². The highest BCUT2D eigenvalue weighted by Gasteiger charge is 2.16. The Morgan fingerprint density at radius 3 is 2.73 bits per heavy atom. The molecule has 0 bridgehead atoms. The van der Waals surface area contributed by atoms with Crippen molar-refractivity contribution < 1.29 is 9.90 Å². The van der Waals surface area contributed by atoms with E-state index in [0.717, 1.165) is 32.4 Å². The summed E-state index contributed by atoms with van der Waals surface area (Å²) < 4.78 is 0. The van der Waals surface area contributed by atoms with Crippen molar-refractivity contribution in [3.05, 3.63) is 0 Å². The summed E-state index contributed by atoms with van der Waals surface area (Å²) in [4.78, 5) is 13.5. The van der Waals surface area contributed by atoms with Crippen LogP contribution < -0.4 is 5.32 Å². The van der Waals surface area contributed by atoms with Crippen molar-refractivity contribution in [1.82, 2.24) is 10.2 Å². The first-order valence-electron chi connectivity index (χ1n) is 5.90. The fourth-order valence-electron chi connectivity index (χ4n) is 1.73. The summed E-state index contributed by atoms with van der Waals surface area (Å²) in [6, 6.07) is 0. The van der Waals surface area contributed by atoms with E-state index in [4.69, 9.17) is 0 Å². The van der Waals surface area contributed by atoms with Gasteiger partial charge in [0, 0.05) is 32.6 Å². The topological polar surface area (TPSA) is 52.6 Å². The predicted molar refractivity (Wildman–Crippen MR) is 59.6 cm³/mol. The Kier molecular flexibility index (Phi) is 5.65. The van der Waals surface area contributed by atoms with Crippen LogP contribution in [0.5, 0.6) is 0 Å². The molecular formula is C11H22N2O2. The largest absolute Gasteiger partial charge is 0.392 e. The molecule has 1 saturated heterocycles. The van der Waals surface area contributed by atoms with Gasteiger partial charge in [-0.1, -0.05) is 6.92 Å². The minimum Gasteiger partial charge on any atom is -0.392 e. The Balaban J connectivity index is 2.01. The van der Waals surface area contributed by atoms with Gasteiger partial charge in [-0.15, -0.1) is 0 Å². The minimum absolute atomic E-state index is 0.242. The Labute approximate surface area is 91.6 Å². The normalized spacial score (nSPS) is 18.1. The smallest absolute Gasteiger partial charge is 0.223 e. The maximum Gasteiger partial charge on any atom is 0.223 e. The van der Waals surface area contributed by atoms with E-state index >= 15 is 0 Å². The fraction of sp³-hybridized carbons (Fsp3) is 0.909. The average molecular weight is 214 g/mol. The third-order valence-electron chi connectivity index (χ3n) is 2.83. The van der Waals surface area contributed by atoms with Gasteiger partial charge in [0.05, 0.1) is 6.10 Å². The lowest BCUT2D eigenvalue weighted by molar-refractivity contribution is -0.130. The van der Waals surface area contributed by atoms with Crippen LogP contribution in [-0.2, 0) is 4.79 Å². The van der Waals surface area contributed by atoms with Crippen molar-refractivity contribution >= 4 is 5.91 Å². The molecule has 0 saturated carbocycles. The summed E-state index contributed by atoms with van der Waals surface area (Å²) >= 11 is 0. The van der Waals surface area contributed by atoms with E-state index < -0.39 is 0 Å². The van der Waals surface area contributed by atoms with Crippen molar-refractivity contribution in [2.45, 2.75) is 38.7 Å². The molecule has 1 unspecified atom stereocenters. The Bertz CT molecular complexity index is 191. The summed E-state index contributed by atoms with van der Waals surface area (Å²) in [6.45, 7) is 5.06. The number of nitrogens with zero attached hydrogens (tertiary/aromatic N) is 1. The van der Waals surface area contributed by atoms with Gasteiger partial charge in [-0.25, -0.2) is 0 Å². The minimum atomic E-state index is -0.285. The summed E-state index contributed by atoms with van der Waals surface area (Å²) in [5, 5.41) is 12.4. The molecule has 4 heteroatoms. The van der Waals surface area contributed by atoms with E-state index in [1.54, 1.807) is 0 Å². The zero-order valence-electron chi connectivity index (χ0n) is 9.54. The van der Waals surface area contributed by atoms with Gasteiger partial charge in [-0.05, 0) is 19.3 Å². The van der Waals surface area contributed by atoms with Gasteiger partial charge < -0.3 is 15.3 Å². The molecule has 1 amide bonds. The Morgan fingerprint density at radius 1 is 1.47 bits per heavy atom. The quantitative estimate of drug-likeness (QED) is 0.628. The Hall–Kier alpha value is -0.610. The predicted octanol–water partition coefficient (Wildman–Crippen LogP) is 0.359. The van der Waals surface area contributed by atoms with Crippen molar-refractivity contribution in [1.29, 1.82) is 0 Å². The summed E-state index contributed by atoms with van der Waals surface area (Å²) in [5.41, 5.74) is 0. The van der Waals surface area contributed by atoms with Gasteiger partial charge in [0.15, 0.2) is 0 Å². The third-order valence-corrected chi connectivity index (χ3v) is 2.83. The molecule has 1 rings (SSSR count). The lowest BCUT2D eigenvalue weighted by Gasteiger charge is -2.15. The van der Waals surface area contributed by atoms with Gasteiger partial charge in [0.2, 0.25) is 5.91 Å². The fourth-order valence-corrected chi connectivity index (χ4v) is 1.73. The third kappa shape index (κ3) is 4.62. The number of aliphatic hydroxyl groups is 1. The number of hydrogen-bond donors (Lipinski definition) is 2. The first kappa shape index (κ1) is 12.5. The number of carbonyl (C=O) groups is 1. The zero-order valence-corrected chi connectivity index (χ0v) is 9.54. The van der Waals surface area contributed by atoms with E-state index in [1.165, 1.54) is 0 Å². The van der Waals surface area contributed by atoms with E-state index in [-0.39, 0.29) is 12.0 Å². The van der Waals surface area contributed by atoms with Crippen LogP contribution in [0.3, 0.4) is 0 Å². The molecule has 4 nitrogen and oxygen atoms in total. The number of amides is 1. The number of carbonyl (C=O) groups excluding carboxylic acids is 1. The maximum absolute atomic E-state index is 11.6. The number of likely N-dealkylation sites (tertiary alicyclic amines) is 1. The van der Waals surface area contributed by atoms with Crippen molar-refractivity contribution in [3.63, 3.8) is 0 Å². The van der Waals surface area contributed by atoms with E-state index in [2.05, 4.69) is 5.32 Å². The molecule has 1 fully saturated rings. The van der Waals surface area contributed by atoms with Crippen molar-refractivity contribution in [2.75, 3.05) is 26.2 Å². The first-order valence-corrected chi connectivity index (χ1v) is 5.90. The molecule has 0 aromatic carbocycles. The van der Waals surface area contributed by atoms with Crippen molar-refractivity contribution in [3.8, 4) is 0 Å². The van der Waals surface area contributed by atoms with Crippen LogP contribution in [0.1, 0.15) is 32.6 Å². The SMILES string of the molecule is CCC(O)CNCCC(=O)N1CCCC1. The standard InChI is InChI=1S/C11H22N2O2/c1-2-10(14)9-12-6-5-11(15)13-7-3-4-8-13/h10,12,14H,2-9H2,1H3. The maximum atomic E-state index is 11.6. The second-order valence-corrected chi connectivity index (χ2v) is 4.10. The molecule has 0 spiro atoms. The van der Waals surface area contributed by atoms with Gasteiger partial charge in [-0.3, -0.25) is 4.79 Å². The van der Waals surface area contributed by atoms with Gasteiger partial charge in [0.1, 0.15) is 0 Å². The van der Waals surface area contributed by atoms with Crippen LogP contribution in [0, 0.1) is 0 Å². The van der Waals surface area contributed by atoms with Gasteiger partial charge in [0.25, 0.3) is 0 Å². The van der Waals surface area contributed by atoms with Crippen molar-refractivity contribution in [2.24, 2.45) is 0 Å². The highest BCUT2D eigenvalue weighted by atomic mass is 16.3. The lowest BCUT2D eigenvalue weighted by atomic mass is 10.3. The summed E-state index contributed by atoms with van der Waals surface area (Å²) in [7, 11) is 0. The highest BCUT2D eigenvalue weighted by Crippen LogP contribution is 2.08. The molecule has 0 radical (unpaired) electrons.